The molecule has 1 aliphatic rings. The lowest BCUT2D eigenvalue weighted by Crippen LogP contribution is -2.40. The summed E-state index contributed by atoms with van der Waals surface area (Å²) in [6, 6.07) is 6.12. The third-order valence-electron chi connectivity index (χ3n) is 4.55. The second-order valence-corrected chi connectivity index (χ2v) is 7.08. The van der Waals surface area contributed by atoms with Crippen LogP contribution in [-0.2, 0) is 4.79 Å². The van der Waals surface area contributed by atoms with Crippen molar-refractivity contribution in [3.05, 3.63) is 30.1 Å². The van der Waals surface area contributed by atoms with Crippen LogP contribution in [0.25, 0.3) is 0 Å². The molecule has 1 atom stereocenters. The van der Waals surface area contributed by atoms with Crippen LogP contribution in [0, 0.1) is 5.82 Å². The average molecular weight is 520 g/mol. The number of hydrogen-bond donors (Lipinski definition) is 2. The number of amides is 1. The Morgan fingerprint density at radius 1 is 1.31 bits per heavy atom. The third-order valence-corrected chi connectivity index (χ3v) is 4.55. The molecule has 0 saturated carbocycles. The normalized spacial score (nSPS) is 15.9. The molecule has 6 nitrogen and oxygen atoms in total. The number of aliphatic imine (C=N–C) groups is 1. The molecule has 1 aliphatic heterocycles. The van der Waals surface area contributed by atoms with Gasteiger partial charge in [-0.2, -0.15) is 0 Å². The number of halogens is 2. The summed E-state index contributed by atoms with van der Waals surface area (Å²) in [6.07, 6.45) is 4.65. The van der Waals surface area contributed by atoms with Gasteiger partial charge in [-0.3, -0.25) is 4.79 Å². The maximum Gasteiger partial charge on any atom is 0.222 e. The quantitative estimate of drug-likeness (QED) is 0.226. The lowest BCUT2D eigenvalue weighted by molar-refractivity contribution is -0.130. The van der Waals surface area contributed by atoms with Gasteiger partial charge in [-0.05, 0) is 45.2 Å². The fraction of sp³-hybridized carbons (Fsp3) is 0.619. The molecule has 1 aromatic rings. The van der Waals surface area contributed by atoms with Gasteiger partial charge in [0.05, 0.1) is 6.54 Å². The van der Waals surface area contributed by atoms with Crippen LogP contribution in [-0.4, -0.2) is 55.6 Å². The van der Waals surface area contributed by atoms with Gasteiger partial charge >= 0.3 is 0 Å². The predicted octanol–water partition coefficient (Wildman–Crippen LogP) is 3.56. The van der Waals surface area contributed by atoms with Crippen LogP contribution in [0.4, 0.5) is 4.39 Å². The van der Waals surface area contributed by atoms with Crippen molar-refractivity contribution in [3.8, 4) is 5.75 Å². The van der Waals surface area contributed by atoms with E-state index >= 15 is 0 Å². The fourth-order valence-electron chi connectivity index (χ4n) is 3.12. The molecule has 0 spiro atoms. The minimum atomic E-state index is -0.314. The van der Waals surface area contributed by atoms with E-state index in [2.05, 4.69) is 15.6 Å². The van der Waals surface area contributed by atoms with Gasteiger partial charge in [0.15, 0.2) is 5.96 Å². The second-order valence-electron chi connectivity index (χ2n) is 7.08. The molecule has 1 unspecified atom stereocenters. The van der Waals surface area contributed by atoms with Gasteiger partial charge in [0.1, 0.15) is 17.7 Å². The fourth-order valence-corrected chi connectivity index (χ4v) is 3.12. The molecular formula is C21H34FIN4O2. The van der Waals surface area contributed by atoms with E-state index in [0.717, 1.165) is 57.8 Å². The second kappa shape index (κ2) is 14.4. The number of guanidine groups is 1. The summed E-state index contributed by atoms with van der Waals surface area (Å²) in [5.74, 6) is 1.19. The molecule has 1 fully saturated rings. The number of nitrogens with zero attached hydrogens (tertiary/aromatic N) is 2. The first-order valence-corrected chi connectivity index (χ1v) is 10.3. The van der Waals surface area contributed by atoms with Gasteiger partial charge in [0, 0.05) is 38.7 Å². The molecule has 29 heavy (non-hydrogen) atoms. The third kappa shape index (κ3) is 10.1. The topological polar surface area (TPSA) is 66.0 Å². The van der Waals surface area contributed by atoms with Crippen molar-refractivity contribution < 1.29 is 13.9 Å². The highest BCUT2D eigenvalue weighted by atomic mass is 127. The van der Waals surface area contributed by atoms with E-state index in [0.29, 0.717) is 18.7 Å². The molecule has 1 aromatic carbocycles. The number of likely N-dealkylation sites (tertiary alicyclic amines) is 1. The lowest BCUT2D eigenvalue weighted by Gasteiger charge is -2.21. The Morgan fingerprint density at radius 2 is 2.14 bits per heavy atom. The average Bonchev–Trinajstić information content (AvgIpc) is 2.87. The van der Waals surface area contributed by atoms with Crippen molar-refractivity contribution >= 4 is 35.8 Å². The van der Waals surface area contributed by atoms with Crippen molar-refractivity contribution in [2.75, 3.05) is 32.7 Å². The van der Waals surface area contributed by atoms with Crippen molar-refractivity contribution in [2.24, 2.45) is 4.99 Å². The van der Waals surface area contributed by atoms with Gasteiger partial charge in [-0.15, -0.1) is 24.0 Å². The van der Waals surface area contributed by atoms with Gasteiger partial charge in [0.2, 0.25) is 5.91 Å². The van der Waals surface area contributed by atoms with Crippen molar-refractivity contribution in [2.45, 2.75) is 52.1 Å². The first-order chi connectivity index (χ1) is 13.6. The summed E-state index contributed by atoms with van der Waals surface area (Å²) in [6.45, 7) is 7.54. The number of rotatable bonds is 9. The molecule has 8 heteroatoms. The molecule has 0 aliphatic carbocycles. The zero-order valence-corrected chi connectivity index (χ0v) is 19.8. The van der Waals surface area contributed by atoms with Crippen LogP contribution < -0.4 is 15.4 Å². The maximum atomic E-state index is 13.2. The first-order valence-electron chi connectivity index (χ1n) is 10.3. The molecule has 2 rings (SSSR count). The van der Waals surface area contributed by atoms with E-state index in [1.54, 1.807) is 12.1 Å². The van der Waals surface area contributed by atoms with Crippen LogP contribution in [0.5, 0.6) is 5.75 Å². The Morgan fingerprint density at radius 3 is 2.90 bits per heavy atom. The van der Waals surface area contributed by atoms with Crippen LogP contribution in [0.1, 0.15) is 46.0 Å². The Bertz CT molecular complexity index is 645. The summed E-state index contributed by atoms with van der Waals surface area (Å²) < 4.78 is 18.9. The Labute approximate surface area is 190 Å². The van der Waals surface area contributed by atoms with E-state index in [9.17, 15) is 9.18 Å². The molecule has 0 aromatic heterocycles. The zero-order chi connectivity index (χ0) is 20.2. The SMILES string of the molecule is CCNC(=NCC(C)Oc1cccc(F)c1)NCCCN1CCCCCC1=O.I. The molecule has 1 saturated heterocycles. The monoisotopic (exact) mass is 520 g/mol. The standard InChI is InChI=1S/C21H33FN4O2.HI/c1-3-23-21(24-12-8-14-26-13-6-4-5-11-20(26)27)25-16-17(2)28-19-10-7-9-18(22)15-19;/h7,9-10,15,17H,3-6,8,11-14,16H2,1-2H3,(H2,23,24,25);1H. The van der Waals surface area contributed by atoms with E-state index in [1.165, 1.54) is 12.1 Å². The molecule has 1 heterocycles. The highest BCUT2D eigenvalue weighted by Crippen LogP contribution is 2.14. The molecule has 2 N–H and O–H groups in total. The van der Waals surface area contributed by atoms with Crippen molar-refractivity contribution in [3.63, 3.8) is 0 Å². The van der Waals surface area contributed by atoms with E-state index < -0.39 is 0 Å². The number of hydrogen-bond acceptors (Lipinski definition) is 3. The minimum absolute atomic E-state index is 0. The smallest absolute Gasteiger partial charge is 0.222 e. The zero-order valence-electron chi connectivity index (χ0n) is 17.5. The summed E-state index contributed by atoms with van der Waals surface area (Å²) in [5, 5.41) is 6.52. The number of benzene rings is 1. The van der Waals surface area contributed by atoms with Crippen LogP contribution in [0.3, 0.4) is 0 Å². The van der Waals surface area contributed by atoms with E-state index in [1.807, 2.05) is 18.7 Å². The Kier molecular flexibility index (Phi) is 12.6. The highest BCUT2D eigenvalue weighted by molar-refractivity contribution is 14.0. The summed E-state index contributed by atoms with van der Waals surface area (Å²) in [5.41, 5.74) is 0. The summed E-state index contributed by atoms with van der Waals surface area (Å²) in [4.78, 5) is 18.5. The lowest BCUT2D eigenvalue weighted by atomic mass is 10.2. The van der Waals surface area contributed by atoms with Crippen LogP contribution in [0.15, 0.2) is 29.3 Å². The molecule has 164 valence electrons. The molecule has 1 amide bonds. The largest absolute Gasteiger partial charge is 0.489 e. The number of ether oxygens (including phenoxy) is 1. The summed E-state index contributed by atoms with van der Waals surface area (Å²) >= 11 is 0. The van der Waals surface area contributed by atoms with E-state index in [4.69, 9.17) is 4.74 Å². The van der Waals surface area contributed by atoms with Crippen molar-refractivity contribution in [1.29, 1.82) is 0 Å². The molecule has 0 bridgehead atoms. The van der Waals surface area contributed by atoms with Crippen LogP contribution >= 0.6 is 24.0 Å². The molecular weight excluding hydrogens is 486 g/mol. The Hall–Kier alpha value is -1.58. The number of carbonyl (C=O) groups excluding carboxylic acids is 1. The first kappa shape index (κ1) is 25.5. The minimum Gasteiger partial charge on any atom is -0.489 e. The van der Waals surface area contributed by atoms with Crippen molar-refractivity contribution in [1.82, 2.24) is 15.5 Å². The maximum absolute atomic E-state index is 13.2. The van der Waals surface area contributed by atoms with Crippen LogP contribution in [0.2, 0.25) is 0 Å². The molecule has 0 radical (unpaired) electrons. The number of nitrogens with one attached hydrogen (secondary N) is 2. The van der Waals surface area contributed by atoms with Gasteiger partial charge in [0.25, 0.3) is 0 Å². The number of carbonyl (C=O) groups is 1. The van der Waals surface area contributed by atoms with Gasteiger partial charge < -0.3 is 20.3 Å². The van der Waals surface area contributed by atoms with Gasteiger partial charge in [-0.25, -0.2) is 9.38 Å². The highest BCUT2D eigenvalue weighted by Gasteiger charge is 2.15. The predicted molar refractivity (Wildman–Crippen MR) is 126 cm³/mol. The Balaban J connectivity index is 0.00000420. The summed E-state index contributed by atoms with van der Waals surface area (Å²) in [7, 11) is 0. The van der Waals surface area contributed by atoms with E-state index in [-0.39, 0.29) is 41.8 Å². The van der Waals surface area contributed by atoms with Gasteiger partial charge in [-0.1, -0.05) is 12.5 Å².